The molecule has 4 nitrogen and oxygen atoms in total. The van der Waals surface area contributed by atoms with E-state index in [-0.39, 0.29) is 5.97 Å². The summed E-state index contributed by atoms with van der Waals surface area (Å²) in [6, 6.07) is 5.35. The van der Waals surface area contributed by atoms with E-state index >= 15 is 0 Å². The van der Waals surface area contributed by atoms with Crippen LogP contribution in [0.1, 0.15) is 29.3 Å². The van der Waals surface area contributed by atoms with Gasteiger partial charge in [0.05, 0.1) is 12.2 Å². The number of rotatable bonds is 6. The van der Waals surface area contributed by atoms with Crippen LogP contribution in [0.4, 0.5) is 5.69 Å². The minimum Gasteiger partial charge on any atom is -0.462 e. The molecule has 17 heavy (non-hydrogen) atoms. The monoisotopic (exact) mass is 237 g/mol. The number of nitrogens with two attached hydrogens (primary N) is 1. The maximum absolute atomic E-state index is 11.8. The summed E-state index contributed by atoms with van der Waals surface area (Å²) in [4.78, 5) is 11.8. The molecule has 0 bridgehead atoms. The first-order chi connectivity index (χ1) is 8.16. The van der Waals surface area contributed by atoms with Crippen molar-refractivity contribution >= 4 is 11.7 Å². The average Bonchev–Trinajstić information content (AvgIpc) is 2.28. The van der Waals surface area contributed by atoms with Gasteiger partial charge in [0.25, 0.3) is 0 Å². The van der Waals surface area contributed by atoms with Crippen LogP contribution in [0.3, 0.4) is 0 Å². The Kier molecular flexibility index (Phi) is 5.49. The number of esters is 1. The molecule has 0 unspecified atom stereocenters. The standard InChI is InChI=1S/C13H19NO3/c1-3-16-8-5-9-17-13(15)12-10(2)6-4-7-11(12)14/h4,6-7H,3,5,8-9,14H2,1-2H3. The number of carbonyl (C=O) groups is 1. The third-order valence-electron chi connectivity index (χ3n) is 2.38. The highest BCUT2D eigenvalue weighted by atomic mass is 16.5. The summed E-state index contributed by atoms with van der Waals surface area (Å²) in [6.45, 7) is 5.41. The molecule has 0 aliphatic heterocycles. The maximum atomic E-state index is 11.8. The highest BCUT2D eigenvalue weighted by Gasteiger charge is 2.13. The number of hydrogen-bond acceptors (Lipinski definition) is 4. The lowest BCUT2D eigenvalue weighted by atomic mass is 10.1. The number of hydrogen-bond donors (Lipinski definition) is 1. The molecule has 1 aromatic rings. The Morgan fingerprint density at radius 1 is 1.35 bits per heavy atom. The van der Waals surface area contributed by atoms with Crippen LogP contribution in [-0.2, 0) is 9.47 Å². The van der Waals surface area contributed by atoms with Crippen LogP contribution >= 0.6 is 0 Å². The van der Waals surface area contributed by atoms with Gasteiger partial charge in [0.2, 0.25) is 0 Å². The lowest BCUT2D eigenvalue weighted by molar-refractivity contribution is 0.0453. The van der Waals surface area contributed by atoms with Crippen LogP contribution in [0.25, 0.3) is 0 Å². The van der Waals surface area contributed by atoms with Crippen LogP contribution in [-0.4, -0.2) is 25.8 Å². The molecule has 0 saturated carbocycles. The maximum Gasteiger partial charge on any atom is 0.340 e. The van der Waals surface area contributed by atoms with Crippen LogP contribution in [0.15, 0.2) is 18.2 Å². The third-order valence-corrected chi connectivity index (χ3v) is 2.38. The summed E-state index contributed by atoms with van der Waals surface area (Å²) in [6.07, 6.45) is 0.700. The van der Waals surface area contributed by atoms with E-state index in [1.54, 1.807) is 6.07 Å². The summed E-state index contributed by atoms with van der Waals surface area (Å²) >= 11 is 0. The topological polar surface area (TPSA) is 61.5 Å². The highest BCUT2D eigenvalue weighted by Crippen LogP contribution is 2.17. The lowest BCUT2D eigenvalue weighted by Gasteiger charge is -2.09. The Morgan fingerprint density at radius 3 is 2.76 bits per heavy atom. The van der Waals surface area contributed by atoms with Crippen molar-refractivity contribution in [1.82, 2.24) is 0 Å². The van der Waals surface area contributed by atoms with Crippen molar-refractivity contribution in [1.29, 1.82) is 0 Å². The molecule has 94 valence electrons. The molecule has 0 spiro atoms. The second-order valence-corrected chi connectivity index (χ2v) is 3.73. The van der Waals surface area contributed by atoms with Gasteiger partial charge in [0.1, 0.15) is 0 Å². The van der Waals surface area contributed by atoms with Crippen LogP contribution in [0, 0.1) is 6.92 Å². The van der Waals surface area contributed by atoms with E-state index in [4.69, 9.17) is 15.2 Å². The predicted molar refractivity (Wildman–Crippen MR) is 67.0 cm³/mol. The molecule has 4 heteroatoms. The van der Waals surface area contributed by atoms with Crippen molar-refractivity contribution in [3.63, 3.8) is 0 Å². The molecule has 0 aliphatic carbocycles. The number of nitrogen functional groups attached to an aromatic ring is 1. The van der Waals surface area contributed by atoms with Crippen LogP contribution < -0.4 is 5.73 Å². The first-order valence-corrected chi connectivity index (χ1v) is 5.76. The Morgan fingerprint density at radius 2 is 2.12 bits per heavy atom. The molecule has 0 fully saturated rings. The summed E-state index contributed by atoms with van der Waals surface area (Å²) in [5.74, 6) is -0.364. The smallest absolute Gasteiger partial charge is 0.340 e. The molecule has 0 heterocycles. The second-order valence-electron chi connectivity index (χ2n) is 3.73. The third kappa shape index (κ3) is 4.07. The molecule has 0 aliphatic rings. The van der Waals surface area contributed by atoms with Gasteiger partial charge in [-0.25, -0.2) is 4.79 Å². The minimum atomic E-state index is -0.364. The number of carbonyl (C=O) groups excluding carboxylic acids is 1. The molecule has 0 radical (unpaired) electrons. The Hall–Kier alpha value is -1.55. The van der Waals surface area contributed by atoms with Crippen molar-refractivity contribution in [3.8, 4) is 0 Å². The summed E-state index contributed by atoms with van der Waals surface area (Å²) in [5, 5.41) is 0. The molecule has 0 atom stereocenters. The predicted octanol–water partition coefficient (Wildman–Crippen LogP) is 2.16. The van der Waals surface area contributed by atoms with Crippen molar-refractivity contribution in [2.75, 3.05) is 25.6 Å². The van der Waals surface area contributed by atoms with E-state index in [0.717, 1.165) is 5.56 Å². The molecular formula is C13H19NO3. The van der Waals surface area contributed by atoms with E-state index in [1.165, 1.54) is 0 Å². The van der Waals surface area contributed by atoms with Gasteiger partial charge in [-0.2, -0.15) is 0 Å². The minimum absolute atomic E-state index is 0.354. The van der Waals surface area contributed by atoms with Gasteiger partial charge in [0, 0.05) is 25.3 Å². The van der Waals surface area contributed by atoms with Gasteiger partial charge in [0.15, 0.2) is 0 Å². The number of anilines is 1. The average molecular weight is 237 g/mol. The van der Waals surface area contributed by atoms with Gasteiger partial charge in [-0.1, -0.05) is 12.1 Å². The molecule has 1 aromatic carbocycles. The Labute approximate surface area is 102 Å². The quantitative estimate of drug-likeness (QED) is 0.468. The van der Waals surface area contributed by atoms with Crippen molar-refractivity contribution in [2.45, 2.75) is 20.3 Å². The van der Waals surface area contributed by atoms with Crippen molar-refractivity contribution in [2.24, 2.45) is 0 Å². The largest absolute Gasteiger partial charge is 0.462 e. The molecule has 0 saturated heterocycles. The van der Waals surface area contributed by atoms with Gasteiger partial charge in [-0.05, 0) is 25.5 Å². The van der Waals surface area contributed by atoms with E-state index in [9.17, 15) is 4.79 Å². The summed E-state index contributed by atoms with van der Waals surface area (Å²) in [7, 11) is 0. The van der Waals surface area contributed by atoms with E-state index in [1.807, 2.05) is 26.0 Å². The zero-order valence-corrected chi connectivity index (χ0v) is 10.4. The van der Waals surface area contributed by atoms with Crippen molar-refractivity contribution < 1.29 is 14.3 Å². The second kappa shape index (κ2) is 6.91. The van der Waals surface area contributed by atoms with Crippen LogP contribution in [0.5, 0.6) is 0 Å². The van der Waals surface area contributed by atoms with Crippen molar-refractivity contribution in [3.05, 3.63) is 29.3 Å². The fourth-order valence-electron chi connectivity index (χ4n) is 1.51. The summed E-state index contributed by atoms with van der Waals surface area (Å²) < 4.78 is 10.3. The van der Waals surface area contributed by atoms with Gasteiger partial charge < -0.3 is 15.2 Å². The first kappa shape index (κ1) is 13.5. The normalized spacial score (nSPS) is 10.2. The van der Waals surface area contributed by atoms with Gasteiger partial charge in [-0.3, -0.25) is 0 Å². The fraction of sp³-hybridized carbons (Fsp3) is 0.462. The molecule has 2 N–H and O–H groups in total. The van der Waals surface area contributed by atoms with Gasteiger partial charge in [-0.15, -0.1) is 0 Å². The molecular weight excluding hydrogens is 218 g/mol. The highest BCUT2D eigenvalue weighted by molar-refractivity contribution is 5.96. The number of ether oxygens (including phenoxy) is 2. The lowest BCUT2D eigenvalue weighted by Crippen LogP contribution is -2.12. The number of aryl methyl sites for hydroxylation is 1. The van der Waals surface area contributed by atoms with E-state index in [2.05, 4.69) is 0 Å². The van der Waals surface area contributed by atoms with E-state index in [0.29, 0.717) is 37.5 Å². The fourth-order valence-corrected chi connectivity index (χ4v) is 1.51. The van der Waals surface area contributed by atoms with Crippen LogP contribution in [0.2, 0.25) is 0 Å². The molecule has 1 rings (SSSR count). The first-order valence-electron chi connectivity index (χ1n) is 5.76. The van der Waals surface area contributed by atoms with Gasteiger partial charge >= 0.3 is 5.97 Å². The SMILES string of the molecule is CCOCCCOC(=O)c1c(C)cccc1N. The summed E-state index contributed by atoms with van der Waals surface area (Å²) in [5.41, 5.74) is 7.50. The zero-order valence-electron chi connectivity index (χ0n) is 10.4. The van der Waals surface area contributed by atoms with E-state index < -0.39 is 0 Å². The molecule has 0 amide bonds. The zero-order chi connectivity index (χ0) is 12.7. The molecule has 0 aromatic heterocycles. The number of benzene rings is 1. The Balaban J connectivity index is 2.47. The Bertz CT molecular complexity index is 357.